The van der Waals surface area contributed by atoms with Crippen molar-refractivity contribution in [2.75, 3.05) is 6.54 Å². The van der Waals surface area contributed by atoms with Gasteiger partial charge in [-0.05, 0) is 56.6 Å². The van der Waals surface area contributed by atoms with Crippen molar-refractivity contribution in [2.45, 2.75) is 31.8 Å². The summed E-state index contributed by atoms with van der Waals surface area (Å²) in [4.78, 5) is 24.4. The number of nitrogens with zero attached hydrogens (tertiary/aromatic N) is 2. The van der Waals surface area contributed by atoms with E-state index in [1.807, 2.05) is 0 Å². The molecule has 3 rings (SSSR count). The number of carbonyl (C=O) groups is 1. The average Bonchev–Trinajstić information content (AvgIpc) is 2.56. The number of rotatable bonds is 3. The zero-order chi connectivity index (χ0) is 17.1. The van der Waals surface area contributed by atoms with Gasteiger partial charge in [-0.1, -0.05) is 0 Å². The van der Waals surface area contributed by atoms with Gasteiger partial charge < -0.3 is 10.6 Å². The van der Waals surface area contributed by atoms with Gasteiger partial charge in [0.1, 0.15) is 11.5 Å². The molecule has 2 aromatic rings. The lowest BCUT2D eigenvalue weighted by Crippen LogP contribution is -2.47. The zero-order valence-electron chi connectivity index (χ0n) is 13.3. The molecule has 1 saturated heterocycles. The first-order chi connectivity index (χ1) is 11.5. The molecule has 0 aliphatic carbocycles. The number of nitrogens with one attached hydrogen (secondary N) is 2. The number of hydrogen-bond donors (Lipinski definition) is 2. The Morgan fingerprint density at radius 2 is 2.04 bits per heavy atom. The van der Waals surface area contributed by atoms with Crippen LogP contribution in [0.3, 0.4) is 0 Å². The Morgan fingerprint density at radius 1 is 1.29 bits per heavy atom. The van der Waals surface area contributed by atoms with E-state index in [1.54, 1.807) is 0 Å². The van der Waals surface area contributed by atoms with E-state index < -0.39 is 5.82 Å². The van der Waals surface area contributed by atoms with E-state index in [9.17, 15) is 14.0 Å². The number of amides is 1. The van der Waals surface area contributed by atoms with E-state index in [2.05, 4.69) is 22.7 Å². The van der Waals surface area contributed by atoms with Crippen molar-refractivity contribution in [1.82, 2.24) is 20.4 Å². The molecule has 1 aromatic heterocycles. The lowest BCUT2D eigenvalue weighted by molar-refractivity contribution is 0.0918. The highest BCUT2D eigenvalue weighted by atomic mass is 19.1. The molecule has 2 unspecified atom stereocenters. The van der Waals surface area contributed by atoms with Crippen LogP contribution in [0.1, 0.15) is 30.3 Å². The molecule has 0 spiro atoms. The molecule has 6 nitrogen and oxygen atoms in total. The molecule has 0 radical (unpaired) electrons. The van der Waals surface area contributed by atoms with Crippen LogP contribution in [0, 0.1) is 5.82 Å². The first kappa shape index (κ1) is 16.3. The van der Waals surface area contributed by atoms with E-state index in [4.69, 9.17) is 0 Å². The SMILES string of the molecule is CC1CC(NC(=O)c2ccc(=O)n(-c3ccc(F)cc3)n2)CCN1. The van der Waals surface area contributed by atoms with Gasteiger partial charge in [0.2, 0.25) is 0 Å². The summed E-state index contributed by atoms with van der Waals surface area (Å²) in [5, 5.41) is 10.4. The average molecular weight is 330 g/mol. The van der Waals surface area contributed by atoms with Gasteiger partial charge in [0.15, 0.2) is 0 Å². The Kier molecular flexibility index (Phi) is 4.71. The van der Waals surface area contributed by atoms with Crippen LogP contribution >= 0.6 is 0 Å². The summed E-state index contributed by atoms with van der Waals surface area (Å²) in [7, 11) is 0. The molecule has 1 fully saturated rings. The quantitative estimate of drug-likeness (QED) is 0.888. The minimum atomic E-state index is -0.402. The molecule has 0 bridgehead atoms. The third kappa shape index (κ3) is 3.68. The largest absolute Gasteiger partial charge is 0.348 e. The molecule has 0 saturated carbocycles. The van der Waals surface area contributed by atoms with Crippen molar-refractivity contribution in [3.05, 3.63) is 58.3 Å². The summed E-state index contributed by atoms with van der Waals surface area (Å²) in [5.41, 5.74) is 0.185. The molecule has 2 heterocycles. The minimum Gasteiger partial charge on any atom is -0.348 e. The predicted octanol–water partition coefficient (Wildman–Crippen LogP) is 1.24. The highest BCUT2D eigenvalue weighted by Gasteiger charge is 2.21. The maximum absolute atomic E-state index is 13.0. The second kappa shape index (κ2) is 6.92. The third-order valence-electron chi connectivity index (χ3n) is 4.06. The first-order valence-electron chi connectivity index (χ1n) is 7.93. The first-order valence-corrected chi connectivity index (χ1v) is 7.93. The second-order valence-electron chi connectivity index (χ2n) is 5.99. The Hall–Kier alpha value is -2.54. The highest BCUT2D eigenvalue weighted by molar-refractivity contribution is 5.92. The highest BCUT2D eigenvalue weighted by Crippen LogP contribution is 2.09. The summed E-state index contributed by atoms with van der Waals surface area (Å²) in [6.45, 7) is 2.93. The Labute approximate surface area is 138 Å². The van der Waals surface area contributed by atoms with E-state index in [-0.39, 0.29) is 23.2 Å². The number of carbonyl (C=O) groups excluding carboxylic acids is 1. The topological polar surface area (TPSA) is 76.0 Å². The van der Waals surface area contributed by atoms with E-state index in [1.165, 1.54) is 36.4 Å². The van der Waals surface area contributed by atoms with Crippen LogP contribution in [0.2, 0.25) is 0 Å². The van der Waals surface area contributed by atoms with Crippen LogP contribution in [0.15, 0.2) is 41.2 Å². The minimum absolute atomic E-state index is 0.0850. The lowest BCUT2D eigenvalue weighted by atomic mass is 10.0. The fourth-order valence-corrected chi connectivity index (χ4v) is 2.82. The number of piperidine rings is 1. The second-order valence-corrected chi connectivity index (χ2v) is 5.99. The van der Waals surface area contributed by atoms with Crippen molar-refractivity contribution in [3.8, 4) is 5.69 Å². The molecule has 1 aliphatic heterocycles. The fraction of sp³-hybridized carbons (Fsp3) is 0.353. The van der Waals surface area contributed by atoms with Gasteiger partial charge in [-0.25, -0.2) is 4.39 Å². The molecule has 1 aliphatic rings. The Morgan fingerprint density at radius 3 is 2.75 bits per heavy atom. The maximum Gasteiger partial charge on any atom is 0.271 e. The molecule has 1 aromatic carbocycles. The van der Waals surface area contributed by atoms with Gasteiger partial charge in [0, 0.05) is 18.2 Å². The van der Waals surface area contributed by atoms with Crippen LogP contribution in [0.4, 0.5) is 4.39 Å². The Balaban J connectivity index is 1.81. The summed E-state index contributed by atoms with van der Waals surface area (Å²) < 4.78 is 14.1. The van der Waals surface area contributed by atoms with Crippen molar-refractivity contribution in [2.24, 2.45) is 0 Å². The van der Waals surface area contributed by atoms with Crippen molar-refractivity contribution in [3.63, 3.8) is 0 Å². The summed E-state index contributed by atoms with van der Waals surface area (Å²) in [6.07, 6.45) is 1.71. The van der Waals surface area contributed by atoms with Gasteiger partial charge in [-0.3, -0.25) is 9.59 Å². The fourth-order valence-electron chi connectivity index (χ4n) is 2.82. The van der Waals surface area contributed by atoms with Gasteiger partial charge >= 0.3 is 0 Å². The van der Waals surface area contributed by atoms with Crippen molar-refractivity contribution < 1.29 is 9.18 Å². The maximum atomic E-state index is 13.0. The molecule has 126 valence electrons. The molecule has 7 heteroatoms. The van der Waals surface area contributed by atoms with E-state index in [0.29, 0.717) is 11.7 Å². The van der Waals surface area contributed by atoms with Crippen LogP contribution in [-0.4, -0.2) is 34.3 Å². The van der Waals surface area contributed by atoms with Crippen molar-refractivity contribution >= 4 is 5.91 Å². The van der Waals surface area contributed by atoms with Crippen molar-refractivity contribution in [1.29, 1.82) is 0 Å². The van der Waals surface area contributed by atoms with Crippen LogP contribution in [-0.2, 0) is 0 Å². The van der Waals surface area contributed by atoms with Gasteiger partial charge in [-0.2, -0.15) is 9.78 Å². The molecule has 1 amide bonds. The summed E-state index contributed by atoms with van der Waals surface area (Å²) in [6, 6.07) is 8.50. The standard InChI is InChI=1S/C17H19FN4O2/c1-11-10-13(8-9-19-11)20-17(24)15-6-7-16(23)22(21-15)14-4-2-12(18)3-5-14/h2-7,11,13,19H,8-10H2,1H3,(H,20,24). The van der Waals surface area contributed by atoms with Crippen LogP contribution < -0.4 is 16.2 Å². The molecule has 24 heavy (non-hydrogen) atoms. The molecular weight excluding hydrogens is 311 g/mol. The summed E-state index contributed by atoms with van der Waals surface area (Å²) in [5.74, 6) is -0.717. The van der Waals surface area contributed by atoms with Crippen LogP contribution in [0.5, 0.6) is 0 Å². The number of benzene rings is 1. The van der Waals surface area contributed by atoms with Crippen LogP contribution in [0.25, 0.3) is 5.69 Å². The Bertz CT molecular complexity index is 788. The van der Waals surface area contributed by atoms with Gasteiger partial charge in [0.25, 0.3) is 11.5 Å². The summed E-state index contributed by atoms with van der Waals surface area (Å²) >= 11 is 0. The predicted molar refractivity (Wildman–Crippen MR) is 87.7 cm³/mol. The zero-order valence-corrected chi connectivity index (χ0v) is 13.3. The van der Waals surface area contributed by atoms with Gasteiger partial charge in [0.05, 0.1) is 5.69 Å². The monoisotopic (exact) mass is 330 g/mol. The molecule has 2 N–H and O–H groups in total. The van der Waals surface area contributed by atoms with E-state index in [0.717, 1.165) is 24.1 Å². The number of halogens is 1. The number of hydrogen-bond acceptors (Lipinski definition) is 4. The molecule has 2 atom stereocenters. The van der Waals surface area contributed by atoms with E-state index >= 15 is 0 Å². The van der Waals surface area contributed by atoms with Gasteiger partial charge in [-0.15, -0.1) is 0 Å². The third-order valence-corrected chi connectivity index (χ3v) is 4.06. The lowest BCUT2D eigenvalue weighted by Gasteiger charge is -2.28. The number of aromatic nitrogens is 2. The normalized spacial score (nSPS) is 20.6. The molecular formula is C17H19FN4O2. The smallest absolute Gasteiger partial charge is 0.271 e.